The highest BCUT2D eigenvalue weighted by atomic mass is 16.5. The molecule has 1 fully saturated rings. The fourth-order valence-corrected chi connectivity index (χ4v) is 2.19. The van der Waals surface area contributed by atoms with Gasteiger partial charge in [0.05, 0.1) is 12.7 Å². The first-order valence-electron chi connectivity index (χ1n) is 6.70. The van der Waals surface area contributed by atoms with Gasteiger partial charge in [-0.05, 0) is 39.5 Å². The second kappa shape index (κ2) is 7.36. The predicted molar refractivity (Wildman–Crippen MR) is 66.9 cm³/mol. The van der Waals surface area contributed by atoms with Gasteiger partial charge in [0.2, 0.25) is 5.91 Å². The molecular weight excluding hydrogens is 234 g/mol. The molecule has 2 unspecified atom stereocenters. The van der Waals surface area contributed by atoms with Crippen molar-refractivity contribution in [3.05, 3.63) is 0 Å². The van der Waals surface area contributed by atoms with Crippen LogP contribution in [0.4, 0.5) is 0 Å². The number of aliphatic hydroxyl groups is 1. The van der Waals surface area contributed by atoms with Crippen LogP contribution in [0, 0.1) is 0 Å². The maximum atomic E-state index is 12.0. The third-order valence-corrected chi connectivity index (χ3v) is 3.16. The molecule has 1 amide bonds. The number of hydrogen-bond donors (Lipinski definition) is 1. The molecular formula is C13H23NO4. The van der Waals surface area contributed by atoms with Crippen LogP contribution in [0.3, 0.4) is 0 Å². The van der Waals surface area contributed by atoms with Crippen LogP contribution in [0.5, 0.6) is 0 Å². The first-order valence-corrected chi connectivity index (χ1v) is 6.70. The number of ether oxygens (including phenoxy) is 1. The number of aliphatic hydroxyl groups excluding tert-OH is 1. The Hall–Kier alpha value is -1.10. The van der Waals surface area contributed by atoms with Gasteiger partial charge in [0.1, 0.15) is 6.04 Å². The second-order valence-corrected chi connectivity index (χ2v) is 4.74. The van der Waals surface area contributed by atoms with E-state index < -0.39 is 12.1 Å². The van der Waals surface area contributed by atoms with Gasteiger partial charge in [0.25, 0.3) is 0 Å². The summed E-state index contributed by atoms with van der Waals surface area (Å²) in [4.78, 5) is 25.4. The van der Waals surface area contributed by atoms with E-state index in [9.17, 15) is 14.7 Å². The lowest BCUT2D eigenvalue weighted by Crippen LogP contribution is -2.48. The lowest BCUT2D eigenvalue weighted by atomic mass is 10.0. The number of rotatable bonds is 5. The van der Waals surface area contributed by atoms with Gasteiger partial charge in [-0.2, -0.15) is 0 Å². The van der Waals surface area contributed by atoms with E-state index in [1.54, 1.807) is 18.7 Å². The summed E-state index contributed by atoms with van der Waals surface area (Å²) in [6.45, 7) is 4.37. The van der Waals surface area contributed by atoms with E-state index in [0.29, 0.717) is 26.0 Å². The average Bonchev–Trinajstić information content (AvgIpc) is 2.36. The zero-order chi connectivity index (χ0) is 13.5. The van der Waals surface area contributed by atoms with Gasteiger partial charge in [-0.3, -0.25) is 4.79 Å². The Morgan fingerprint density at radius 2 is 2.17 bits per heavy atom. The molecule has 2 atom stereocenters. The van der Waals surface area contributed by atoms with Crippen LogP contribution in [-0.4, -0.2) is 47.2 Å². The summed E-state index contributed by atoms with van der Waals surface area (Å²) in [6, 6.07) is -0.430. The molecule has 1 aliphatic rings. The molecule has 1 N–H and O–H groups in total. The van der Waals surface area contributed by atoms with Crippen molar-refractivity contribution in [2.75, 3.05) is 13.2 Å². The number of piperidine rings is 1. The first kappa shape index (κ1) is 15.0. The maximum Gasteiger partial charge on any atom is 0.328 e. The molecule has 104 valence electrons. The number of esters is 1. The first-order chi connectivity index (χ1) is 8.56. The molecule has 0 spiro atoms. The van der Waals surface area contributed by atoms with Crippen LogP contribution in [-0.2, 0) is 14.3 Å². The van der Waals surface area contributed by atoms with Crippen molar-refractivity contribution in [3.8, 4) is 0 Å². The lowest BCUT2D eigenvalue weighted by Gasteiger charge is -2.34. The summed E-state index contributed by atoms with van der Waals surface area (Å²) < 4.78 is 5.01. The minimum atomic E-state index is -0.486. The Balaban J connectivity index is 2.58. The highest BCUT2D eigenvalue weighted by Gasteiger charge is 2.32. The molecule has 0 aromatic rings. The van der Waals surface area contributed by atoms with Crippen molar-refractivity contribution in [2.24, 2.45) is 0 Å². The Labute approximate surface area is 108 Å². The van der Waals surface area contributed by atoms with Crippen molar-refractivity contribution in [2.45, 2.75) is 58.1 Å². The number of nitrogens with zero attached hydrogens (tertiary/aromatic N) is 1. The highest BCUT2D eigenvalue weighted by Crippen LogP contribution is 2.19. The van der Waals surface area contributed by atoms with Gasteiger partial charge < -0.3 is 14.7 Å². The van der Waals surface area contributed by atoms with Crippen molar-refractivity contribution in [1.29, 1.82) is 0 Å². The van der Waals surface area contributed by atoms with Crippen LogP contribution < -0.4 is 0 Å². The summed E-state index contributed by atoms with van der Waals surface area (Å²) in [7, 11) is 0. The number of hydrogen-bond acceptors (Lipinski definition) is 4. The fraction of sp³-hybridized carbons (Fsp3) is 0.846. The summed E-state index contributed by atoms with van der Waals surface area (Å²) in [5, 5.41) is 9.20. The second-order valence-electron chi connectivity index (χ2n) is 4.74. The third-order valence-electron chi connectivity index (χ3n) is 3.16. The van der Waals surface area contributed by atoms with E-state index in [1.807, 2.05) is 0 Å². The maximum absolute atomic E-state index is 12.0. The lowest BCUT2D eigenvalue weighted by molar-refractivity contribution is -0.156. The Bertz CT molecular complexity index is 291. The minimum Gasteiger partial charge on any atom is -0.464 e. The van der Waals surface area contributed by atoms with Crippen LogP contribution in [0.1, 0.15) is 46.0 Å². The smallest absolute Gasteiger partial charge is 0.328 e. The SMILES string of the molecule is CCOC(=O)C1CCCCN1C(=O)CCC(C)O. The summed E-state index contributed by atoms with van der Waals surface area (Å²) in [5.41, 5.74) is 0. The highest BCUT2D eigenvalue weighted by molar-refractivity contribution is 5.84. The standard InChI is InChI=1S/C13H23NO4/c1-3-18-13(17)11-6-4-5-9-14(11)12(16)8-7-10(2)15/h10-11,15H,3-9H2,1-2H3. The van der Waals surface area contributed by atoms with Gasteiger partial charge in [0, 0.05) is 13.0 Å². The molecule has 18 heavy (non-hydrogen) atoms. The molecule has 0 aromatic heterocycles. The van der Waals surface area contributed by atoms with Crippen molar-refractivity contribution < 1.29 is 19.4 Å². The van der Waals surface area contributed by atoms with E-state index in [4.69, 9.17) is 4.74 Å². The average molecular weight is 257 g/mol. The molecule has 0 aromatic carbocycles. The van der Waals surface area contributed by atoms with E-state index in [0.717, 1.165) is 12.8 Å². The Morgan fingerprint density at radius 1 is 1.44 bits per heavy atom. The number of carbonyl (C=O) groups excluding carboxylic acids is 2. The van der Waals surface area contributed by atoms with E-state index in [1.165, 1.54) is 0 Å². The van der Waals surface area contributed by atoms with E-state index >= 15 is 0 Å². The van der Waals surface area contributed by atoms with Gasteiger partial charge in [0.15, 0.2) is 0 Å². The van der Waals surface area contributed by atoms with Crippen molar-refractivity contribution >= 4 is 11.9 Å². The molecule has 5 heteroatoms. The predicted octanol–water partition coefficient (Wildman–Crippen LogP) is 1.09. The zero-order valence-corrected chi connectivity index (χ0v) is 11.2. The summed E-state index contributed by atoms with van der Waals surface area (Å²) >= 11 is 0. The number of carbonyl (C=O) groups is 2. The van der Waals surface area contributed by atoms with Crippen LogP contribution >= 0.6 is 0 Å². The topological polar surface area (TPSA) is 66.8 Å². The van der Waals surface area contributed by atoms with Gasteiger partial charge >= 0.3 is 5.97 Å². The molecule has 0 radical (unpaired) electrons. The summed E-state index contributed by atoms with van der Waals surface area (Å²) in [5.74, 6) is -0.365. The number of likely N-dealkylation sites (tertiary alicyclic amines) is 1. The van der Waals surface area contributed by atoms with Crippen LogP contribution in [0.15, 0.2) is 0 Å². The molecule has 1 aliphatic heterocycles. The quantitative estimate of drug-likeness (QED) is 0.749. The zero-order valence-electron chi connectivity index (χ0n) is 11.2. The largest absolute Gasteiger partial charge is 0.464 e. The molecule has 1 rings (SSSR count). The molecule has 5 nitrogen and oxygen atoms in total. The van der Waals surface area contributed by atoms with Crippen LogP contribution in [0.25, 0.3) is 0 Å². The third kappa shape index (κ3) is 4.29. The van der Waals surface area contributed by atoms with Crippen molar-refractivity contribution in [3.63, 3.8) is 0 Å². The Morgan fingerprint density at radius 3 is 2.78 bits per heavy atom. The van der Waals surface area contributed by atoms with Gasteiger partial charge in [-0.1, -0.05) is 0 Å². The minimum absolute atomic E-state index is 0.0614. The molecule has 1 heterocycles. The molecule has 0 bridgehead atoms. The molecule has 1 saturated heterocycles. The normalized spacial score (nSPS) is 21.5. The molecule has 0 saturated carbocycles. The summed E-state index contributed by atoms with van der Waals surface area (Å²) in [6.07, 6.45) is 2.79. The fourth-order valence-electron chi connectivity index (χ4n) is 2.19. The molecule has 0 aliphatic carbocycles. The van der Waals surface area contributed by atoms with Gasteiger partial charge in [-0.15, -0.1) is 0 Å². The van der Waals surface area contributed by atoms with Crippen LogP contribution in [0.2, 0.25) is 0 Å². The van der Waals surface area contributed by atoms with Gasteiger partial charge in [-0.25, -0.2) is 4.79 Å². The van der Waals surface area contributed by atoms with E-state index in [-0.39, 0.29) is 18.3 Å². The Kier molecular flexibility index (Phi) is 6.12. The monoisotopic (exact) mass is 257 g/mol. The van der Waals surface area contributed by atoms with E-state index in [2.05, 4.69) is 0 Å². The van der Waals surface area contributed by atoms with Crippen molar-refractivity contribution in [1.82, 2.24) is 4.90 Å². The number of amides is 1.